The van der Waals surface area contributed by atoms with Crippen LogP contribution in [-0.4, -0.2) is 50.9 Å². The lowest BCUT2D eigenvalue weighted by Gasteiger charge is -2.26. The lowest BCUT2D eigenvalue weighted by Crippen LogP contribution is -2.37. The average Bonchev–Trinajstić information content (AvgIpc) is 2.67. The number of hydrogen-bond donors (Lipinski definition) is 4. The first-order valence-electron chi connectivity index (χ1n) is 9.22. The monoisotopic (exact) mass is 358 g/mol. The van der Waals surface area contributed by atoms with Gasteiger partial charge in [0, 0.05) is 17.6 Å². The van der Waals surface area contributed by atoms with E-state index in [1.165, 1.54) is 0 Å². The summed E-state index contributed by atoms with van der Waals surface area (Å²) in [5, 5.41) is 25.9. The van der Waals surface area contributed by atoms with Gasteiger partial charge in [0.1, 0.15) is 0 Å². The minimum Gasteiger partial charge on any atom is -0.394 e. The zero-order valence-electron chi connectivity index (χ0n) is 15.0. The van der Waals surface area contributed by atoms with Gasteiger partial charge in [-0.25, -0.2) is 9.97 Å². The second kappa shape index (κ2) is 8.42. The van der Waals surface area contributed by atoms with Crippen molar-refractivity contribution < 1.29 is 15.0 Å². The predicted molar refractivity (Wildman–Crippen MR) is 100 cm³/mol. The SMILES string of the molecule is CC[C@@H](CO)NC(=O)c1cccc2cnc(N[C@H]3CC[C@H](O)CC3)nc12. The standard InChI is InChI=1S/C19H26N4O3/c1-2-13(11-24)21-18(26)16-5-3-4-12-10-20-19(23-17(12)16)22-14-6-8-15(25)9-7-14/h3-5,10,13-15,24-25H,2,6-9,11H2,1H3,(H,21,26)(H,20,22,23)/t13-,14-,15-/m0/s1. The van der Waals surface area contributed by atoms with Gasteiger partial charge in [-0.1, -0.05) is 19.1 Å². The lowest BCUT2D eigenvalue weighted by molar-refractivity contribution is 0.0916. The molecule has 1 saturated carbocycles. The molecule has 0 saturated heterocycles. The van der Waals surface area contributed by atoms with Crippen LogP contribution in [0.3, 0.4) is 0 Å². The number of benzene rings is 1. The Kier molecular flexibility index (Phi) is 6.00. The van der Waals surface area contributed by atoms with Gasteiger partial charge in [0.05, 0.1) is 29.8 Å². The maximum atomic E-state index is 12.6. The third-order valence-corrected chi connectivity index (χ3v) is 4.93. The third kappa shape index (κ3) is 4.28. The number of hydrogen-bond acceptors (Lipinski definition) is 6. The molecule has 1 atom stereocenters. The summed E-state index contributed by atoms with van der Waals surface area (Å²) in [5.74, 6) is 0.246. The Morgan fingerprint density at radius 1 is 1.31 bits per heavy atom. The fraction of sp³-hybridized carbons (Fsp3) is 0.526. The molecule has 1 aliphatic carbocycles. The van der Waals surface area contributed by atoms with Gasteiger partial charge in [-0.3, -0.25) is 4.79 Å². The molecule has 4 N–H and O–H groups in total. The highest BCUT2D eigenvalue weighted by atomic mass is 16.3. The molecule has 140 valence electrons. The molecule has 0 radical (unpaired) electrons. The number of aromatic nitrogens is 2. The summed E-state index contributed by atoms with van der Waals surface area (Å²) in [6.45, 7) is 1.82. The van der Waals surface area contributed by atoms with E-state index in [9.17, 15) is 15.0 Å². The first-order chi connectivity index (χ1) is 12.6. The molecule has 0 aliphatic heterocycles. The van der Waals surface area contributed by atoms with Crippen molar-refractivity contribution in [1.82, 2.24) is 15.3 Å². The van der Waals surface area contributed by atoms with Gasteiger partial charge >= 0.3 is 0 Å². The highest BCUT2D eigenvalue weighted by molar-refractivity contribution is 6.05. The van der Waals surface area contributed by atoms with Crippen LogP contribution >= 0.6 is 0 Å². The van der Waals surface area contributed by atoms with Crippen molar-refractivity contribution in [2.45, 2.75) is 57.2 Å². The minimum atomic E-state index is -0.272. The Bertz CT molecular complexity index is 756. The van der Waals surface area contributed by atoms with Crippen molar-refractivity contribution in [3.63, 3.8) is 0 Å². The Balaban J connectivity index is 1.82. The van der Waals surface area contributed by atoms with Gasteiger partial charge in [0.25, 0.3) is 5.91 Å². The van der Waals surface area contributed by atoms with E-state index in [1.807, 2.05) is 13.0 Å². The summed E-state index contributed by atoms with van der Waals surface area (Å²) in [4.78, 5) is 21.5. The Hall–Kier alpha value is -2.25. The number of nitrogens with zero attached hydrogens (tertiary/aromatic N) is 2. The van der Waals surface area contributed by atoms with Crippen LogP contribution in [0.15, 0.2) is 24.4 Å². The summed E-state index contributed by atoms with van der Waals surface area (Å²) >= 11 is 0. The Labute approximate surface area is 152 Å². The smallest absolute Gasteiger partial charge is 0.253 e. The number of fused-ring (bicyclic) bond motifs is 1. The van der Waals surface area contributed by atoms with E-state index >= 15 is 0 Å². The van der Waals surface area contributed by atoms with Crippen molar-refractivity contribution in [3.8, 4) is 0 Å². The average molecular weight is 358 g/mol. The molecule has 1 aromatic heterocycles. The van der Waals surface area contributed by atoms with Gasteiger partial charge in [-0.15, -0.1) is 0 Å². The number of rotatable bonds is 6. The first kappa shape index (κ1) is 18.5. The molecule has 3 rings (SSSR count). The number of aliphatic hydroxyl groups excluding tert-OH is 2. The molecule has 7 heteroatoms. The van der Waals surface area contributed by atoms with Gasteiger partial charge < -0.3 is 20.8 Å². The molecule has 0 spiro atoms. The normalized spacial score (nSPS) is 21.3. The largest absolute Gasteiger partial charge is 0.394 e. The van der Waals surface area contributed by atoms with Crippen LogP contribution in [0, 0.1) is 0 Å². The number of nitrogens with one attached hydrogen (secondary N) is 2. The van der Waals surface area contributed by atoms with E-state index in [0.29, 0.717) is 23.4 Å². The molecule has 1 fully saturated rings. The topological polar surface area (TPSA) is 107 Å². The van der Waals surface area contributed by atoms with Crippen LogP contribution in [0.25, 0.3) is 10.9 Å². The van der Waals surface area contributed by atoms with Crippen LogP contribution in [0.1, 0.15) is 49.4 Å². The van der Waals surface area contributed by atoms with Gasteiger partial charge in [-0.05, 0) is 38.2 Å². The van der Waals surface area contributed by atoms with Crippen molar-refractivity contribution in [2.24, 2.45) is 0 Å². The third-order valence-electron chi connectivity index (χ3n) is 4.93. The summed E-state index contributed by atoms with van der Waals surface area (Å²) in [6, 6.07) is 5.36. The fourth-order valence-corrected chi connectivity index (χ4v) is 3.25. The zero-order valence-corrected chi connectivity index (χ0v) is 15.0. The van der Waals surface area contributed by atoms with Gasteiger partial charge in [0.15, 0.2) is 0 Å². The predicted octanol–water partition coefficient (Wildman–Crippen LogP) is 1.85. The second-order valence-electron chi connectivity index (χ2n) is 6.85. The highest BCUT2D eigenvalue weighted by Crippen LogP contribution is 2.23. The van der Waals surface area contributed by atoms with E-state index in [4.69, 9.17) is 0 Å². The molecule has 1 amide bonds. The molecule has 2 aromatic rings. The molecule has 1 heterocycles. The maximum absolute atomic E-state index is 12.6. The molecule has 0 unspecified atom stereocenters. The van der Waals surface area contributed by atoms with Gasteiger partial charge in [-0.2, -0.15) is 0 Å². The zero-order chi connectivity index (χ0) is 18.5. The minimum absolute atomic E-state index is 0.0949. The molecule has 0 bridgehead atoms. The summed E-state index contributed by atoms with van der Waals surface area (Å²) in [5.41, 5.74) is 1.06. The Morgan fingerprint density at radius 2 is 2.08 bits per heavy atom. The molecular formula is C19H26N4O3. The van der Waals surface area contributed by atoms with E-state index in [2.05, 4.69) is 20.6 Å². The van der Waals surface area contributed by atoms with Crippen molar-refractivity contribution >= 4 is 22.8 Å². The van der Waals surface area contributed by atoms with Crippen LogP contribution in [0.5, 0.6) is 0 Å². The van der Waals surface area contributed by atoms with E-state index in [-0.39, 0.29) is 30.7 Å². The molecule has 26 heavy (non-hydrogen) atoms. The van der Waals surface area contributed by atoms with E-state index in [0.717, 1.165) is 31.1 Å². The van der Waals surface area contributed by atoms with Crippen molar-refractivity contribution in [1.29, 1.82) is 0 Å². The van der Waals surface area contributed by atoms with E-state index in [1.54, 1.807) is 18.3 Å². The molecule has 1 aliphatic rings. The van der Waals surface area contributed by atoms with Crippen LogP contribution in [-0.2, 0) is 0 Å². The van der Waals surface area contributed by atoms with Crippen LogP contribution < -0.4 is 10.6 Å². The molecular weight excluding hydrogens is 332 g/mol. The van der Waals surface area contributed by atoms with Crippen LogP contribution in [0.4, 0.5) is 5.95 Å². The van der Waals surface area contributed by atoms with Crippen molar-refractivity contribution in [2.75, 3.05) is 11.9 Å². The quantitative estimate of drug-likeness (QED) is 0.628. The van der Waals surface area contributed by atoms with Crippen molar-refractivity contribution in [3.05, 3.63) is 30.0 Å². The fourth-order valence-electron chi connectivity index (χ4n) is 3.25. The molecule has 1 aromatic carbocycles. The summed E-state index contributed by atoms with van der Waals surface area (Å²) in [6.07, 6.45) is 5.46. The number of para-hydroxylation sites is 1. The first-order valence-corrected chi connectivity index (χ1v) is 9.22. The number of anilines is 1. The van der Waals surface area contributed by atoms with E-state index < -0.39 is 0 Å². The number of amides is 1. The number of aliphatic hydroxyl groups is 2. The lowest BCUT2D eigenvalue weighted by atomic mass is 9.93. The highest BCUT2D eigenvalue weighted by Gasteiger charge is 2.20. The second-order valence-corrected chi connectivity index (χ2v) is 6.85. The number of carbonyl (C=O) groups excluding carboxylic acids is 1. The summed E-state index contributed by atoms with van der Waals surface area (Å²) in [7, 11) is 0. The maximum Gasteiger partial charge on any atom is 0.253 e. The Morgan fingerprint density at radius 3 is 2.77 bits per heavy atom. The number of carbonyl (C=O) groups is 1. The van der Waals surface area contributed by atoms with Crippen LogP contribution in [0.2, 0.25) is 0 Å². The summed E-state index contributed by atoms with van der Waals surface area (Å²) < 4.78 is 0. The van der Waals surface area contributed by atoms with Gasteiger partial charge in [0.2, 0.25) is 5.95 Å². The molecule has 7 nitrogen and oxygen atoms in total.